The Morgan fingerprint density at radius 2 is 2.09 bits per heavy atom. The summed E-state index contributed by atoms with van der Waals surface area (Å²) in [4.78, 5) is 23.0. The van der Waals surface area contributed by atoms with Crippen molar-refractivity contribution in [3.05, 3.63) is 32.8 Å². The fourth-order valence-corrected chi connectivity index (χ4v) is 3.09. The molecule has 128 valence electrons. The molecule has 7 nitrogen and oxygen atoms in total. The molecule has 0 bridgehead atoms. The number of hydrogen-bond donors (Lipinski definition) is 2. The number of halogens is 1. The molecule has 9 heteroatoms. The standard InChI is InChI=1S/C14H20BrN3O4S/c1-9(8-23(4)22)16-13(19)14(2,3)17-11-6-5-10(15)7-12(11)18(20)21/h5-7,9,17H,8H2,1-4H3,(H,16,19). The van der Waals surface area contributed by atoms with Gasteiger partial charge in [-0.3, -0.25) is 19.1 Å². The quantitative estimate of drug-likeness (QED) is 0.535. The van der Waals surface area contributed by atoms with Crippen molar-refractivity contribution in [1.29, 1.82) is 0 Å². The molecule has 1 amide bonds. The third-order valence-corrected chi connectivity index (χ3v) is 4.50. The van der Waals surface area contributed by atoms with Crippen molar-refractivity contribution >= 4 is 44.0 Å². The minimum absolute atomic E-state index is 0.122. The lowest BCUT2D eigenvalue weighted by Gasteiger charge is -2.28. The first-order valence-corrected chi connectivity index (χ1v) is 9.38. The van der Waals surface area contributed by atoms with E-state index in [0.29, 0.717) is 10.2 Å². The number of anilines is 1. The zero-order valence-corrected chi connectivity index (χ0v) is 15.8. The van der Waals surface area contributed by atoms with Gasteiger partial charge in [0.15, 0.2) is 0 Å². The van der Waals surface area contributed by atoms with Crippen LogP contribution in [0.2, 0.25) is 0 Å². The van der Waals surface area contributed by atoms with Gasteiger partial charge in [0.1, 0.15) is 11.2 Å². The van der Waals surface area contributed by atoms with Crippen LogP contribution in [0, 0.1) is 10.1 Å². The minimum Gasteiger partial charge on any atom is -0.366 e. The fourth-order valence-electron chi connectivity index (χ4n) is 1.95. The Labute approximate surface area is 146 Å². The van der Waals surface area contributed by atoms with E-state index < -0.39 is 21.3 Å². The molecule has 23 heavy (non-hydrogen) atoms. The van der Waals surface area contributed by atoms with E-state index >= 15 is 0 Å². The average Bonchev–Trinajstić information content (AvgIpc) is 2.39. The Bertz CT molecular complexity index is 636. The molecule has 0 aliphatic carbocycles. The Morgan fingerprint density at radius 1 is 1.48 bits per heavy atom. The Balaban J connectivity index is 2.91. The number of amides is 1. The molecule has 1 aromatic rings. The van der Waals surface area contributed by atoms with Gasteiger partial charge in [-0.1, -0.05) is 15.9 Å². The highest BCUT2D eigenvalue weighted by atomic mass is 79.9. The number of hydrogen-bond acceptors (Lipinski definition) is 5. The van der Waals surface area contributed by atoms with E-state index in [1.807, 2.05) is 0 Å². The van der Waals surface area contributed by atoms with Crippen molar-refractivity contribution in [1.82, 2.24) is 5.32 Å². The molecule has 1 rings (SSSR count). The summed E-state index contributed by atoms with van der Waals surface area (Å²) >= 11 is 3.19. The number of carbonyl (C=O) groups is 1. The van der Waals surface area contributed by atoms with E-state index in [4.69, 9.17) is 0 Å². The van der Waals surface area contributed by atoms with Crippen LogP contribution in [0.25, 0.3) is 0 Å². The van der Waals surface area contributed by atoms with Gasteiger partial charge in [-0.2, -0.15) is 0 Å². The summed E-state index contributed by atoms with van der Waals surface area (Å²) in [5.41, 5.74) is -0.935. The normalized spacial score (nSPS) is 14.0. The molecule has 2 atom stereocenters. The number of nitrogens with one attached hydrogen (secondary N) is 2. The summed E-state index contributed by atoms with van der Waals surface area (Å²) in [6, 6.07) is 4.32. The van der Waals surface area contributed by atoms with Gasteiger partial charge in [0, 0.05) is 39.4 Å². The molecule has 0 radical (unpaired) electrons. The van der Waals surface area contributed by atoms with Crippen LogP contribution in [0.15, 0.2) is 22.7 Å². The lowest BCUT2D eigenvalue weighted by atomic mass is 10.0. The number of nitrogens with zero attached hydrogens (tertiary/aromatic N) is 1. The lowest BCUT2D eigenvalue weighted by molar-refractivity contribution is -0.384. The summed E-state index contributed by atoms with van der Waals surface area (Å²) in [5, 5.41) is 16.8. The SMILES string of the molecule is CC(CS(C)=O)NC(=O)C(C)(C)Nc1ccc(Br)cc1[N+](=O)[O-]. The van der Waals surface area contributed by atoms with Crippen LogP contribution in [-0.2, 0) is 15.6 Å². The first kappa shape index (κ1) is 19.6. The number of benzene rings is 1. The van der Waals surface area contributed by atoms with Crippen LogP contribution in [0.4, 0.5) is 11.4 Å². The van der Waals surface area contributed by atoms with Crippen molar-refractivity contribution in [2.75, 3.05) is 17.3 Å². The Hall–Kier alpha value is -1.48. The predicted octanol–water partition coefficient (Wildman–Crippen LogP) is 2.43. The third kappa shape index (κ3) is 5.91. The van der Waals surface area contributed by atoms with Gasteiger partial charge in [-0.05, 0) is 32.9 Å². The van der Waals surface area contributed by atoms with E-state index in [1.54, 1.807) is 39.2 Å². The monoisotopic (exact) mass is 405 g/mol. The molecule has 0 saturated carbocycles. The van der Waals surface area contributed by atoms with E-state index in [1.165, 1.54) is 6.07 Å². The van der Waals surface area contributed by atoms with Gasteiger partial charge < -0.3 is 10.6 Å². The Morgan fingerprint density at radius 3 is 2.61 bits per heavy atom. The van der Waals surface area contributed by atoms with Gasteiger partial charge in [-0.25, -0.2) is 0 Å². The molecule has 0 aliphatic heterocycles. The predicted molar refractivity (Wildman–Crippen MR) is 95.0 cm³/mol. The van der Waals surface area contributed by atoms with Crippen LogP contribution in [-0.4, -0.2) is 38.6 Å². The zero-order chi connectivity index (χ0) is 17.8. The van der Waals surface area contributed by atoms with Crippen molar-refractivity contribution in [2.45, 2.75) is 32.4 Å². The van der Waals surface area contributed by atoms with Crippen LogP contribution in [0.1, 0.15) is 20.8 Å². The second-order valence-corrected chi connectivity index (χ2v) is 8.18. The van der Waals surface area contributed by atoms with Crippen LogP contribution < -0.4 is 10.6 Å². The van der Waals surface area contributed by atoms with Crippen LogP contribution >= 0.6 is 15.9 Å². The van der Waals surface area contributed by atoms with E-state index in [-0.39, 0.29) is 23.3 Å². The molecular formula is C14H20BrN3O4S. The topological polar surface area (TPSA) is 101 Å². The highest BCUT2D eigenvalue weighted by Gasteiger charge is 2.31. The zero-order valence-electron chi connectivity index (χ0n) is 13.4. The second-order valence-electron chi connectivity index (χ2n) is 5.78. The molecule has 0 fully saturated rings. The fraction of sp³-hybridized carbons (Fsp3) is 0.500. The minimum atomic E-state index is -1.07. The van der Waals surface area contributed by atoms with Crippen molar-refractivity contribution in [3.8, 4) is 0 Å². The van der Waals surface area contributed by atoms with Crippen molar-refractivity contribution in [2.24, 2.45) is 0 Å². The summed E-state index contributed by atoms with van der Waals surface area (Å²) in [7, 11) is -1.02. The van der Waals surface area contributed by atoms with Gasteiger partial charge in [0.25, 0.3) is 5.69 Å². The Kier molecular flexibility index (Phi) is 6.69. The highest BCUT2D eigenvalue weighted by Crippen LogP contribution is 2.30. The van der Waals surface area contributed by atoms with E-state index in [9.17, 15) is 19.1 Å². The number of nitro groups is 1. The molecule has 0 spiro atoms. The van der Waals surface area contributed by atoms with Crippen molar-refractivity contribution in [3.63, 3.8) is 0 Å². The first-order valence-electron chi connectivity index (χ1n) is 6.86. The molecule has 2 N–H and O–H groups in total. The largest absolute Gasteiger partial charge is 0.366 e. The maximum absolute atomic E-state index is 12.4. The van der Waals surface area contributed by atoms with Gasteiger partial charge in [-0.15, -0.1) is 0 Å². The van der Waals surface area contributed by atoms with Crippen LogP contribution in [0.5, 0.6) is 0 Å². The number of nitro benzene ring substituents is 1. The van der Waals surface area contributed by atoms with Gasteiger partial charge >= 0.3 is 0 Å². The molecule has 0 aliphatic rings. The summed E-state index contributed by atoms with van der Waals surface area (Å²) in [5.74, 6) is 0.0212. The molecule has 1 aromatic carbocycles. The van der Waals surface area contributed by atoms with E-state index in [2.05, 4.69) is 26.6 Å². The van der Waals surface area contributed by atoms with Gasteiger partial charge in [0.05, 0.1) is 4.92 Å². The summed E-state index contributed by atoms with van der Waals surface area (Å²) < 4.78 is 11.8. The summed E-state index contributed by atoms with van der Waals surface area (Å²) in [6.07, 6.45) is 1.57. The maximum Gasteiger partial charge on any atom is 0.293 e. The maximum atomic E-state index is 12.4. The first-order chi connectivity index (χ1) is 10.5. The van der Waals surface area contributed by atoms with Gasteiger partial charge in [0.2, 0.25) is 5.91 Å². The smallest absolute Gasteiger partial charge is 0.293 e. The lowest BCUT2D eigenvalue weighted by Crippen LogP contribution is -2.51. The highest BCUT2D eigenvalue weighted by molar-refractivity contribution is 9.10. The van der Waals surface area contributed by atoms with E-state index in [0.717, 1.165) is 0 Å². The molecule has 0 heterocycles. The van der Waals surface area contributed by atoms with Crippen LogP contribution in [0.3, 0.4) is 0 Å². The molecule has 0 saturated heterocycles. The second kappa shape index (κ2) is 7.87. The third-order valence-electron chi connectivity index (χ3n) is 3.03. The molecule has 2 unspecified atom stereocenters. The average molecular weight is 406 g/mol. The van der Waals surface area contributed by atoms with Crippen molar-refractivity contribution < 1.29 is 13.9 Å². The summed E-state index contributed by atoms with van der Waals surface area (Å²) in [6.45, 7) is 5.02. The number of rotatable bonds is 7. The number of carbonyl (C=O) groups excluding carboxylic acids is 1. The molecule has 0 aromatic heterocycles. The molecular weight excluding hydrogens is 386 g/mol.